The minimum absolute atomic E-state index is 0.227. The van der Waals surface area contributed by atoms with Gasteiger partial charge in [-0.25, -0.2) is 4.79 Å². The van der Waals surface area contributed by atoms with Gasteiger partial charge in [0.15, 0.2) is 0 Å². The van der Waals surface area contributed by atoms with Crippen LogP contribution in [-0.4, -0.2) is 60.1 Å². The number of hydrogen-bond acceptors (Lipinski definition) is 4. The van der Waals surface area contributed by atoms with E-state index in [1.54, 1.807) is 4.90 Å². The molecule has 0 aromatic carbocycles. The molecule has 0 aliphatic carbocycles. The van der Waals surface area contributed by atoms with E-state index < -0.39 is 5.60 Å². The number of piperidine rings is 1. The van der Waals surface area contributed by atoms with Crippen LogP contribution in [0.3, 0.4) is 0 Å². The Hall–Kier alpha value is -1.30. The summed E-state index contributed by atoms with van der Waals surface area (Å²) in [5.41, 5.74) is 5.21. The standard InChI is InChI=1S/C16H29N3O3/c1-16(2,3)22-15(21)18-6-4-12(5-7-18)10-19-11-13(9-17)8-14(19)20/h12-13H,4-11,17H2,1-3H3. The van der Waals surface area contributed by atoms with Gasteiger partial charge in [0.25, 0.3) is 0 Å². The number of rotatable bonds is 3. The smallest absolute Gasteiger partial charge is 0.410 e. The van der Waals surface area contributed by atoms with Crippen molar-refractivity contribution in [1.82, 2.24) is 9.80 Å². The molecule has 1 unspecified atom stereocenters. The van der Waals surface area contributed by atoms with Gasteiger partial charge in [0.2, 0.25) is 5.91 Å². The van der Waals surface area contributed by atoms with Crippen LogP contribution < -0.4 is 5.73 Å². The minimum Gasteiger partial charge on any atom is -0.444 e. The number of nitrogens with two attached hydrogens (primary N) is 1. The fourth-order valence-electron chi connectivity index (χ4n) is 3.12. The molecule has 2 aliphatic heterocycles. The summed E-state index contributed by atoms with van der Waals surface area (Å²) in [5.74, 6) is 1.01. The molecule has 2 amide bonds. The van der Waals surface area contributed by atoms with Crippen LogP contribution in [0, 0.1) is 11.8 Å². The lowest BCUT2D eigenvalue weighted by atomic mass is 9.96. The fraction of sp³-hybridized carbons (Fsp3) is 0.875. The molecule has 2 saturated heterocycles. The molecule has 0 bridgehead atoms. The summed E-state index contributed by atoms with van der Waals surface area (Å²) in [6, 6.07) is 0. The van der Waals surface area contributed by atoms with E-state index in [1.165, 1.54) is 0 Å². The Morgan fingerprint density at radius 2 is 1.91 bits per heavy atom. The average Bonchev–Trinajstić information content (AvgIpc) is 2.78. The second-order valence-corrected chi connectivity index (χ2v) is 7.52. The Balaban J connectivity index is 1.76. The van der Waals surface area contributed by atoms with Gasteiger partial charge in [-0.2, -0.15) is 0 Å². The minimum atomic E-state index is -0.451. The number of ether oxygens (including phenoxy) is 1. The molecule has 0 saturated carbocycles. The third-order valence-electron chi connectivity index (χ3n) is 4.37. The molecule has 22 heavy (non-hydrogen) atoms. The molecule has 0 aromatic heterocycles. The summed E-state index contributed by atoms with van der Waals surface area (Å²) in [7, 11) is 0. The van der Waals surface area contributed by atoms with Crippen molar-refractivity contribution in [2.45, 2.75) is 45.6 Å². The van der Waals surface area contributed by atoms with E-state index >= 15 is 0 Å². The molecule has 126 valence electrons. The van der Waals surface area contributed by atoms with Crippen molar-refractivity contribution in [3.63, 3.8) is 0 Å². The highest BCUT2D eigenvalue weighted by Gasteiger charge is 2.32. The Labute approximate surface area is 132 Å². The van der Waals surface area contributed by atoms with Crippen LogP contribution in [0.1, 0.15) is 40.0 Å². The van der Waals surface area contributed by atoms with Crippen LogP contribution in [0.25, 0.3) is 0 Å². The van der Waals surface area contributed by atoms with E-state index in [2.05, 4.69) is 0 Å². The third-order valence-corrected chi connectivity index (χ3v) is 4.37. The highest BCUT2D eigenvalue weighted by atomic mass is 16.6. The number of amides is 2. The van der Waals surface area contributed by atoms with E-state index in [4.69, 9.17) is 10.5 Å². The maximum absolute atomic E-state index is 12.0. The topological polar surface area (TPSA) is 75.9 Å². The molecular weight excluding hydrogens is 282 g/mol. The summed E-state index contributed by atoms with van der Waals surface area (Å²) in [6.07, 6.45) is 2.21. The maximum atomic E-state index is 12.0. The third kappa shape index (κ3) is 4.60. The first-order valence-electron chi connectivity index (χ1n) is 8.24. The second-order valence-electron chi connectivity index (χ2n) is 7.52. The molecule has 2 aliphatic rings. The quantitative estimate of drug-likeness (QED) is 0.856. The summed E-state index contributed by atoms with van der Waals surface area (Å²) in [5, 5.41) is 0. The van der Waals surface area contributed by atoms with Crippen LogP contribution in [-0.2, 0) is 9.53 Å². The zero-order valence-corrected chi connectivity index (χ0v) is 14.0. The SMILES string of the molecule is CC(C)(C)OC(=O)N1CCC(CN2CC(CN)CC2=O)CC1. The van der Waals surface area contributed by atoms with Crippen LogP contribution in [0.2, 0.25) is 0 Å². The molecule has 0 radical (unpaired) electrons. The van der Waals surface area contributed by atoms with Crippen LogP contribution in [0.15, 0.2) is 0 Å². The predicted octanol–water partition coefficient (Wildman–Crippen LogP) is 1.44. The van der Waals surface area contributed by atoms with Gasteiger partial charge in [0, 0.05) is 32.6 Å². The Morgan fingerprint density at radius 3 is 2.41 bits per heavy atom. The summed E-state index contributed by atoms with van der Waals surface area (Å²) < 4.78 is 5.40. The molecule has 2 N–H and O–H groups in total. The van der Waals surface area contributed by atoms with Gasteiger partial charge in [0.05, 0.1) is 0 Å². The summed E-state index contributed by atoms with van der Waals surface area (Å²) >= 11 is 0. The van der Waals surface area contributed by atoms with Gasteiger partial charge < -0.3 is 20.3 Å². The van der Waals surface area contributed by atoms with E-state index in [9.17, 15) is 9.59 Å². The normalized spacial score (nSPS) is 24.0. The molecular formula is C16H29N3O3. The Kier molecular flexibility index (Phi) is 5.32. The van der Waals surface area contributed by atoms with Crippen molar-refractivity contribution >= 4 is 12.0 Å². The Bertz CT molecular complexity index is 411. The van der Waals surface area contributed by atoms with Gasteiger partial charge >= 0.3 is 6.09 Å². The van der Waals surface area contributed by atoms with Crippen molar-refractivity contribution in [2.75, 3.05) is 32.7 Å². The molecule has 2 fully saturated rings. The average molecular weight is 311 g/mol. The van der Waals surface area contributed by atoms with Crippen LogP contribution >= 0.6 is 0 Å². The molecule has 2 rings (SSSR count). The van der Waals surface area contributed by atoms with Gasteiger partial charge in [0.1, 0.15) is 5.60 Å². The zero-order valence-electron chi connectivity index (χ0n) is 14.0. The lowest BCUT2D eigenvalue weighted by Gasteiger charge is -2.34. The number of carbonyl (C=O) groups excluding carboxylic acids is 2. The van der Waals surface area contributed by atoms with Crippen LogP contribution in [0.5, 0.6) is 0 Å². The number of carbonyl (C=O) groups is 2. The summed E-state index contributed by atoms with van der Waals surface area (Å²) in [6.45, 7) is 9.24. The number of hydrogen-bond donors (Lipinski definition) is 1. The van der Waals surface area contributed by atoms with Crippen molar-refractivity contribution in [3.8, 4) is 0 Å². The maximum Gasteiger partial charge on any atom is 0.410 e. The van der Waals surface area contributed by atoms with E-state index in [1.807, 2.05) is 25.7 Å². The van der Waals surface area contributed by atoms with E-state index in [0.29, 0.717) is 37.9 Å². The number of likely N-dealkylation sites (tertiary alicyclic amines) is 2. The monoisotopic (exact) mass is 311 g/mol. The zero-order chi connectivity index (χ0) is 16.3. The van der Waals surface area contributed by atoms with Crippen molar-refractivity contribution < 1.29 is 14.3 Å². The molecule has 0 spiro atoms. The summed E-state index contributed by atoms with van der Waals surface area (Å²) in [4.78, 5) is 27.7. The predicted molar refractivity (Wildman–Crippen MR) is 84.3 cm³/mol. The highest BCUT2D eigenvalue weighted by Crippen LogP contribution is 2.24. The van der Waals surface area contributed by atoms with Gasteiger partial charge in [-0.05, 0) is 52.0 Å². The Morgan fingerprint density at radius 1 is 1.27 bits per heavy atom. The first-order chi connectivity index (χ1) is 10.3. The molecule has 6 heteroatoms. The number of nitrogens with zero attached hydrogens (tertiary/aromatic N) is 2. The van der Waals surface area contributed by atoms with Crippen molar-refractivity contribution in [1.29, 1.82) is 0 Å². The van der Waals surface area contributed by atoms with Gasteiger partial charge in [-0.15, -0.1) is 0 Å². The fourth-order valence-corrected chi connectivity index (χ4v) is 3.12. The van der Waals surface area contributed by atoms with Crippen LogP contribution in [0.4, 0.5) is 4.79 Å². The van der Waals surface area contributed by atoms with E-state index in [-0.39, 0.29) is 12.0 Å². The molecule has 1 atom stereocenters. The van der Waals surface area contributed by atoms with Gasteiger partial charge in [-0.3, -0.25) is 4.79 Å². The molecule has 6 nitrogen and oxygen atoms in total. The first-order valence-corrected chi connectivity index (χ1v) is 8.24. The second kappa shape index (κ2) is 6.86. The molecule has 0 aromatic rings. The van der Waals surface area contributed by atoms with E-state index in [0.717, 1.165) is 25.9 Å². The molecule has 2 heterocycles. The van der Waals surface area contributed by atoms with Crippen molar-refractivity contribution in [3.05, 3.63) is 0 Å². The highest BCUT2D eigenvalue weighted by molar-refractivity contribution is 5.78. The first kappa shape index (κ1) is 17.1. The largest absolute Gasteiger partial charge is 0.444 e. The lowest BCUT2D eigenvalue weighted by molar-refractivity contribution is -0.128. The van der Waals surface area contributed by atoms with Crippen molar-refractivity contribution in [2.24, 2.45) is 17.6 Å². The van der Waals surface area contributed by atoms with Gasteiger partial charge in [-0.1, -0.05) is 0 Å². The lowest BCUT2D eigenvalue weighted by Crippen LogP contribution is -2.44.